The monoisotopic (exact) mass is 339 g/mol. The molecule has 2 aromatic carbocycles. The summed E-state index contributed by atoms with van der Waals surface area (Å²) in [6.07, 6.45) is 1.97. The maximum Gasteiger partial charge on any atom is 0.240 e. The van der Waals surface area contributed by atoms with Crippen LogP contribution in [0.15, 0.2) is 64.6 Å². The zero-order chi connectivity index (χ0) is 17.0. The van der Waals surface area contributed by atoms with Gasteiger partial charge in [0.2, 0.25) is 5.91 Å². The van der Waals surface area contributed by atoms with E-state index in [2.05, 4.69) is 10.5 Å². The predicted octanol–water partition coefficient (Wildman–Crippen LogP) is 3.22. The predicted molar refractivity (Wildman–Crippen MR) is 95.1 cm³/mol. The van der Waals surface area contributed by atoms with Crippen molar-refractivity contribution in [2.75, 3.05) is 12.4 Å². The first kappa shape index (κ1) is 17.6. The Morgan fingerprint density at radius 3 is 2.67 bits per heavy atom. The van der Waals surface area contributed by atoms with Crippen LogP contribution in [0.25, 0.3) is 0 Å². The first-order valence-electron chi connectivity index (χ1n) is 7.37. The van der Waals surface area contributed by atoms with Crippen molar-refractivity contribution in [3.8, 4) is 11.8 Å². The molecule has 24 heavy (non-hydrogen) atoms. The molecule has 1 N–H and O–H groups in total. The van der Waals surface area contributed by atoms with E-state index in [1.54, 1.807) is 42.2 Å². The molecule has 0 atom stereocenters. The highest BCUT2D eigenvalue weighted by molar-refractivity contribution is 7.99. The maximum absolute atomic E-state index is 11.7. The number of hydrogen-bond donors (Lipinski definition) is 1. The summed E-state index contributed by atoms with van der Waals surface area (Å²) < 4.78 is 5.16. The standard InChI is InChI=1S/C18H17N3O2S/c19-11-12-23-16-8-6-15(7-9-16)14-20-21-18(22)10-13-24-17-4-2-1-3-5-17/h1-9,14H,10,12-13H2,(H,21,22)/b20-14+. The molecule has 0 spiro atoms. The molecule has 0 aliphatic rings. The molecule has 2 rings (SSSR count). The van der Waals surface area contributed by atoms with E-state index in [0.29, 0.717) is 17.9 Å². The second kappa shape index (κ2) is 10.1. The summed E-state index contributed by atoms with van der Waals surface area (Å²) in [5, 5.41) is 12.4. The lowest BCUT2D eigenvalue weighted by Crippen LogP contribution is -2.17. The molecule has 0 aromatic heterocycles. The number of nitriles is 1. The Bertz CT molecular complexity index is 709. The molecule has 0 aliphatic carbocycles. The van der Waals surface area contributed by atoms with E-state index in [1.165, 1.54) is 0 Å². The number of nitrogens with one attached hydrogen (secondary N) is 1. The molecule has 0 bridgehead atoms. The molecule has 0 heterocycles. The van der Waals surface area contributed by atoms with Crippen molar-refractivity contribution in [2.45, 2.75) is 11.3 Å². The Labute approximate surface area is 145 Å². The molecule has 0 fully saturated rings. The van der Waals surface area contributed by atoms with Crippen LogP contribution in [0.3, 0.4) is 0 Å². The lowest BCUT2D eigenvalue weighted by molar-refractivity contribution is -0.120. The topological polar surface area (TPSA) is 74.5 Å². The van der Waals surface area contributed by atoms with Crippen LogP contribution in [0.2, 0.25) is 0 Å². The van der Waals surface area contributed by atoms with Crippen molar-refractivity contribution >= 4 is 23.9 Å². The number of thioether (sulfide) groups is 1. The number of hydrogen-bond acceptors (Lipinski definition) is 5. The first-order valence-corrected chi connectivity index (χ1v) is 8.36. The molecule has 0 saturated carbocycles. The van der Waals surface area contributed by atoms with Crippen LogP contribution < -0.4 is 10.2 Å². The van der Waals surface area contributed by atoms with Gasteiger partial charge >= 0.3 is 0 Å². The number of ether oxygens (including phenoxy) is 1. The number of nitrogens with zero attached hydrogens (tertiary/aromatic N) is 2. The normalized spacial score (nSPS) is 10.3. The Balaban J connectivity index is 1.69. The molecule has 6 heteroatoms. The van der Waals surface area contributed by atoms with Gasteiger partial charge in [0, 0.05) is 17.1 Å². The van der Waals surface area contributed by atoms with Crippen LogP contribution in [0.1, 0.15) is 12.0 Å². The Morgan fingerprint density at radius 1 is 1.21 bits per heavy atom. The molecule has 5 nitrogen and oxygen atoms in total. The van der Waals surface area contributed by atoms with Crippen molar-refractivity contribution in [3.63, 3.8) is 0 Å². The first-order chi connectivity index (χ1) is 11.8. The van der Waals surface area contributed by atoms with Crippen LogP contribution in [0.4, 0.5) is 0 Å². The minimum Gasteiger partial charge on any atom is -0.479 e. The largest absolute Gasteiger partial charge is 0.479 e. The number of carbonyl (C=O) groups excluding carboxylic acids is 1. The second-order valence-corrected chi connectivity index (χ2v) is 5.89. The van der Waals surface area contributed by atoms with Crippen molar-refractivity contribution in [2.24, 2.45) is 5.10 Å². The van der Waals surface area contributed by atoms with Crippen molar-refractivity contribution in [1.29, 1.82) is 5.26 Å². The van der Waals surface area contributed by atoms with Gasteiger partial charge < -0.3 is 4.74 Å². The molecule has 0 saturated heterocycles. The van der Waals surface area contributed by atoms with Crippen molar-refractivity contribution in [1.82, 2.24) is 5.43 Å². The zero-order valence-corrected chi connectivity index (χ0v) is 13.8. The van der Waals surface area contributed by atoms with Crippen LogP contribution >= 0.6 is 11.8 Å². The summed E-state index contributed by atoms with van der Waals surface area (Å²) in [7, 11) is 0. The fourth-order valence-corrected chi connectivity index (χ4v) is 2.65. The van der Waals surface area contributed by atoms with E-state index >= 15 is 0 Å². The second-order valence-electron chi connectivity index (χ2n) is 4.72. The number of carbonyl (C=O) groups is 1. The number of benzene rings is 2. The van der Waals surface area contributed by atoms with E-state index < -0.39 is 0 Å². The third kappa shape index (κ3) is 6.55. The molecular formula is C18H17N3O2S. The van der Waals surface area contributed by atoms with E-state index in [0.717, 1.165) is 10.5 Å². The summed E-state index contributed by atoms with van der Waals surface area (Å²) in [5.74, 6) is 1.20. The fraction of sp³-hybridized carbons (Fsp3) is 0.167. The van der Waals surface area contributed by atoms with Gasteiger partial charge in [-0.25, -0.2) is 5.43 Å². The highest BCUT2D eigenvalue weighted by atomic mass is 32.2. The average Bonchev–Trinajstić information content (AvgIpc) is 2.62. The molecule has 0 radical (unpaired) electrons. The van der Waals surface area contributed by atoms with Gasteiger partial charge in [0.15, 0.2) is 6.61 Å². The van der Waals surface area contributed by atoms with Gasteiger partial charge in [-0.2, -0.15) is 10.4 Å². The Kier molecular flexibility index (Phi) is 7.38. The Morgan fingerprint density at radius 2 is 1.96 bits per heavy atom. The van der Waals surface area contributed by atoms with Crippen LogP contribution in [-0.2, 0) is 4.79 Å². The molecular weight excluding hydrogens is 322 g/mol. The van der Waals surface area contributed by atoms with Gasteiger partial charge in [-0.3, -0.25) is 4.79 Å². The highest BCUT2D eigenvalue weighted by Crippen LogP contribution is 2.17. The van der Waals surface area contributed by atoms with Crippen molar-refractivity contribution in [3.05, 3.63) is 60.2 Å². The maximum atomic E-state index is 11.7. The number of rotatable bonds is 8. The molecule has 1 amide bonds. The van der Waals surface area contributed by atoms with Gasteiger partial charge in [0.1, 0.15) is 11.8 Å². The lowest BCUT2D eigenvalue weighted by Gasteiger charge is -2.02. The molecule has 2 aromatic rings. The zero-order valence-electron chi connectivity index (χ0n) is 13.0. The van der Waals surface area contributed by atoms with Gasteiger partial charge in [0.05, 0.1) is 6.21 Å². The minimum atomic E-state index is -0.122. The summed E-state index contributed by atoms with van der Waals surface area (Å²) in [5.41, 5.74) is 3.34. The molecule has 0 unspecified atom stereocenters. The molecule has 122 valence electrons. The average molecular weight is 339 g/mol. The van der Waals surface area contributed by atoms with Gasteiger partial charge in [-0.15, -0.1) is 11.8 Å². The van der Waals surface area contributed by atoms with E-state index in [9.17, 15) is 4.79 Å². The minimum absolute atomic E-state index is 0.0183. The van der Waals surface area contributed by atoms with Gasteiger partial charge in [-0.05, 0) is 42.0 Å². The third-order valence-electron chi connectivity index (χ3n) is 2.93. The number of amides is 1. The quantitative estimate of drug-likeness (QED) is 0.455. The van der Waals surface area contributed by atoms with Gasteiger partial charge in [-0.1, -0.05) is 18.2 Å². The number of hydrazone groups is 1. The lowest BCUT2D eigenvalue weighted by atomic mass is 10.2. The SMILES string of the molecule is N#CCOc1ccc(/C=N/NC(=O)CCSc2ccccc2)cc1. The fourth-order valence-electron chi connectivity index (χ4n) is 1.78. The molecule has 0 aliphatic heterocycles. The summed E-state index contributed by atoms with van der Waals surface area (Å²) >= 11 is 1.64. The van der Waals surface area contributed by atoms with Crippen LogP contribution in [-0.4, -0.2) is 24.5 Å². The van der Waals surface area contributed by atoms with Crippen molar-refractivity contribution < 1.29 is 9.53 Å². The van der Waals surface area contributed by atoms with Gasteiger partial charge in [0.25, 0.3) is 0 Å². The van der Waals surface area contributed by atoms with E-state index in [-0.39, 0.29) is 12.5 Å². The van der Waals surface area contributed by atoms with E-state index in [4.69, 9.17) is 10.00 Å². The summed E-state index contributed by atoms with van der Waals surface area (Å²) in [4.78, 5) is 12.9. The summed E-state index contributed by atoms with van der Waals surface area (Å²) in [6, 6.07) is 19.0. The highest BCUT2D eigenvalue weighted by Gasteiger charge is 2.00. The van der Waals surface area contributed by atoms with Crippen LogP contribution in [0.5, 0.6) is 5.75 Å². The van der Waals surface area contributed by atoms with Crippen LogP contribution in [0, 0.1) is 11.3 Å². The summed E-state index contributed by atoms with van der Waals surface area (Å²) in [6.45, 7) is 0.0183. The smallest absolute Gasteiger partial charge is 0.240 e. The third-order valence-corrected chi connectivity index (χ3v) is 3.94. The Hall–Kier alpha value is -2.78. The van der Waals surface area contributed by atoms with E-state index in [1.807, 2.05) is 36.4 Å².